The van der Waals surface area contributed by atoms with E-state index in [4.69, 9.17) is 9.15 Å². The lowest BCUT2D eigenvalue weighted by atomic mass is 10.2. The minimum atomic E-state index is -0.0863. The first-order valence-electron chi connectivity index (χ1n) is 8.92. The molecule has 0 saturated heterocycles. The number of carbonyl (C=O) groups excluding carboxylic acids is 1. The molecule has 2 heterocycles. The van der Waals surface area contributed by atoms with Crippen molar-refractivity contribution in [3.05, 3.63) is 66.2 Å². The van der Waals surface area contributed by atoms with E-state index < -0.39 is 0 Å². The van der Waals surface area contributed by atoms with Crippen LogP contribution in [0.1, 0.15) is 11.5 Å². The number of benzene rings is 2. The third-order valence-corrected chi connectivity index (χ3v) is 4.48. The molecule has 0 bridgehead atoms. The predicted octanol–water partition coefficient (Wildman–Crippen LogP) is 3.32. The number of nitrogens with zero attached hydrogens (tertiary/aromatic N) is 3. The molecule has 1 N–H and O–H groups in total. The Kier molecular flexibility index (Phi) is 4.80. The van der Waals surface area contributed by atoms with Crippen molar-refractivity contribution in [2.45, 2.75) is 20.0 Å². The van der Waals surface area contributed by atoms with Gasteiger partial charge in [-0.3, -0.25) is 4.79 Å². The maximum Gasteiger partial charge on any atom is 0.249 e. The van der Waals surface area contributed by atoms with Gasteiger partial charge in [0, 0.05) is 30.6 Å². The van der Waals surface area contributed by atoms with Crippen LogP contribution in [0.5, 0.6) is 5.75 Å². The lowest BCUT2D eigenvalue weighted by Crippen LogP contribution is -2.26. The summed E-state index contributed by atoms with van der Waals surface area (Å²) in [7, 11) is 1.62. The first-order valence-corrected chi connectivity index (χ1v) is 8.92. The van der Waals surface area contributed by atoms with Gasteiger partial charge in [-0.2, -0.15) is 0 Å². The second kappa shape index (κ2) is 7.56. The number of fused-ring (bicyclic) bond motifs is 1. The van der Waals surface area contributed by atoms with Crippen LogP contribution in [-0.4, -0.2) is 27.8 Å². The molecule has 4 rings (SSSR count). The molecule has 1 amide bonds. The molecule has 0 unspecified atom stereocenters. The zero-order chi connectivity index (χ0) is 19.5. The number of ether oxygens (including phenoxy) is 1. The summed E-state index contributed by atoms with van der Waals surface area (Å²) >= 11 is 0. The molecular formula is C21H20N4O3. The van der Waals surface area contributed by atoms with Gasteiger partial charge in [-0.05, 0) is 23.8 Å². The van der Waals surface area contributed by atoms with Crippen LogP contribution in [0.3, 0.4) is 0 Å². The quantitative estimate of drug-likeness (QED) is 0.558. The number of rotatable bonds is 6. The minimum absolute atomic E-state index is 0.0863. The molecule has 0 radical (unpaired) electrons. The summed E-state index contributed by atoms with van der Waals surface area (Å²) in [5.41, 5.74) is 2.73. The maximum absolute atomic E-state index is 12.5. The number of aromatic nitrogens is 3. The summed E-state index contributed by atoms with van der Waals surface area (Å²) in [6, 6.07) is 15.5. The molecule has 0 fully saturated rings. The van der Waals surface area contributed by atoms with Crippen molar-refractivity contribution in [3.63, 3.8) is 0 Å². The van der Waals surface area contributed by atoms with E-state index in [1.807, 2.05) is 59.3 Å². The van der Waals surface area contributed by atoms with Crippen LogP contribution in [0.25, 0.3) is 22.4 Å². The van der Waals surface area contributed by atoms with Crippen LogP contribution in [0.4, 0.5) is 0 Å². The number of nitrogens with one attached hydrogen (secondary N) is 1. The predicted molar refractivity (Wildman–Crippen MR) is 105 cm³/mol. The molecule has 0 spiro atoms. The van der Waals surface area contributed by atoms with Crippen LogP contribution < -0.4 is 10.1 Å². The molecule has 0 saturated carbocycles. The first-order chi connectivity index (χ1) is 13.6. The number of hydrogen-bond acceptors (Lipinski definition) is 5. The van der Waals surface area contributed by atoms with Crippen LogP contribution in [-0.2, 0) is 17.9 Å². The zero-order valence-corrected chi connectivity index (χ0v) is 15.7. The Labute approximate surface area is 161 Å². The molecule has 7 heteroatoms. The maximum atomic E-state index is 12.5. The van der Waals surface area contributed by atoms with E-state index in [1.165, 1.54) is 0 Å². The molecule has 0 aliphatic rings. The Morgan fingerprint density at radius 3 is 2.82 bits per heavy atom. The Bertz CT molecular complexity index is 1130. The number of aryl methyl sites for hydroxylation is 1. The number of carbonyl (C=O) groups is 1. The summed E-state index contributed by atoms with van der Waals surface area (Å²) in [6.45, 7) is 2.38. The van der Waals surface area contributed by atoms with Gasteiger partial charge in [0.15, 0.2) is 0 Å². The number of methoxy groups -OCH3 is 1. The summed E-state index contributed by atoms with van der Waals surface area (Å²) < 4.78 is 12.7. The van der Waals surface area contributed by atoms with Crippen LogP contribution >= 0.6 is 0 Å². The average molecular weight is 376 g/mol. The topological polar surface area (TPSA) is 82.2 Å². The molecular weight excluding hydrogens is 356 g/mol. The standard InChI is InChI=1S/C21H20N4O3/c1-14-23-24-21(28-14)18-12-25(19-9-4-3-8-17(18)19)13-20(26)22-11-15-6-5-7-16(10-15)27-2/h3-10,12H,11,13H2,1-2H3,(H,22,26). The van der Waals surface area contributed by atoms with Crippen molar-refractivity contribution in [1.82, 2.24) is 20.1 Å². The van der Waals surface area contributed by atoms with Crippen LogP contribution in [0.15, 0.2) is 59.1 Å². The van der Waals surface area contributed by atoms with E-state index in [-0.39, 0.29) is 12.5 Å². The summed E-state index contributed by atoms with van der Waals surface area (Å²) in [6.07, 6.45) is 1.88. The fourth-order valence-corrected chi connectivity index (χ4v) is 3.15. The average Bonchev–Trinajstić information content (AvgIpc) is 3.30. The normalized spacial score (nSPS) is 10.9. The summed E-state index contributed by atoms with van der Waals surface area (Å²) in [5, 5.41) is 11.9. The highest BCUT2D eigenvalue weighted by atomic mass is 16.5. The van der Waals surface area contributed by atoms with Crippen molar-refractivity contribution in [1.29, 1.82) is 0 Å². The molecule has 0 aliphatic heterocycles. The number of para-hydroxylation sites is 1. The Hall–Kier alpha value is -3.61. The lowest BCUT2D eigenvalue weighted by Gasteiger charge is -2.08. The minimum Gasteiger partial charge on any atom is -0.497 e. The SMILES string of the molecule is COc1cccc(CNC(=O)Cn2cc(-c3nnc(C)o3)c3ccccc32)c1. The second-order valence-electron chi connectivity index (χ2n) is 6.44. The Morgan fingerprint density at radius 1 is 1.18 bits per heavy atom. The monoisotopic (exact) mass is 376 g/mol. The van der Waals surface area contributed by atoms with Crippen molar-refractivity contribution in [2.75, 3.05) is 7.11 Å². The number of hydrogen-bond donors (Lipinski definition) is 1. The molecule has 0 aliphatic carbocycles. The van der Waals surface area contributed by atoms with E-state index in [9.17, 15) is 4.79 Å². The van der Waals surface area contributed by atoms with E-state index in [0.717, 1.165) is 27.8 Å². The molecule has 4 aromatic rings. The highest BCUT2D eigenvalue weighted by Crippen LogP contribution is 2.29. The molecule has 0 atom stereocenters. The second-order valence-corrected chi connectivity index (χ2v) is 6.44. The number of amides is 1. The lowest BCUT2D eigenvalue weighted by molar-refractivity contribution is -0.121. The summed E-state index contributed by atoms with van der Waals surface area (Å²) in [4.78, 5) is 12.5. The Morgan fingerprint density at radius 2 is 2.04 bits per heavy atom. The van der Waals surface area contributed by atoms with Gasteiger partial charge in [0.2, 0.25) is 17.7 Å². The Balaban J connectivity index is 1.53. The van der Waals surface area contributed by atoms with E-state index in [2.05, 4.69) is 15.5 Å². The fraction of sp³-hybridized carbons (Fsp3) is 0.190. The highest BCUT2D eigenvalue weighted by molar-refractivity contribution is 5.94. The van der Waals surface area contributed by atoms with Crippen LogP contribution in [0.2, 0.25) is 0 Å². The molecule has 2 aromatic heterocycles. The van der Waals surface area contributed by atoms with Gasteiger partial charge in [0.05, 0.1) is 12.7 Å². The molecule has 142 valence electrons. The zero-order valence-electron chi connectivity index (χ0n) is 15.7. The van der Waals surface area contributed by atoms with Gasteiger partial charge in [-0.15, -0.1) is 10.2 Å². The van der Waals surface area contributed by atoms with Crippen molar-refractivity contribution in [3.8, 4) is 17.2 Å². The third kappa shape index (κ3) is 3.59. The third-order valence-electron chi connectivity index (χ3n) is 4.48. The van der Waals surface area contributed by atoms with Gasteiger partial charge in [-0.25, -0.2) is 0 Å². The summed E-state index contributed by atoms with van der Waals surface area (Å²) in [5.74, 6) is 1.63. The van der Waals surface area contributed by atoms with Gasteiger partial charge in [0.1, 0.15) is 12.3 Å². The van der Waals surface area contributed by atoms with Crippen LogP contribution in [0, 0.1) is 6.92 Å². The van der Waals surface area contributed by atoms with Gasteiger partial charge in [-0.1, -0.05) is 30.3 Å². The van der Waals surface area contributed by atoms with E-state index in [1.54, 1.807) is 14.0 Å². The van der Waals surface area contributed by atoms with Crippen molar-refractivity contribution in [2.24, 2.45) is 0 Å². The van der Waals surface area contributed by atoms with Gasteiger partial charge < -0.3 is 19.0 Å². The van der Waals surface area contributed by atoms with Gasteiger partial charge in [0.25, 0.3) is 0 Å². The molecule has 2 aromatic carbocycles. The largest absolute Gasteiger partial charge is 0.497 e. The molecule has 7 nitrogen and oxygen atoms in total. The molecule has 28 heavy (non-hydrogen) atoms. The van der Waals surface area contributed by atoms with E-state index >= 15 is 0 Å². The van der Waals surface area contributed by atoms with Crippen molar-refractivity contribution < 1.29 is 13.9 Å². The van der Waals surface area contributed by atoms with E-state index in [0.29, 0.717) is 18.3 Å². The smallest absolute Gasteiger partial charge is 0.249 e. The fourth-order valence-electron chi connectivity index (χ4n) is 3.15. The van der Waals surface area contributed by atoms with Crippen molar-refractivity contribution >= 4 is 16.8 Å². The first kappa shape index (κ1) is 17.8. The highest BCUT2D eigenvalue weighted by Gasteiger charge is 2.16. The van der Waals surface area contributed by atoms with Gasteiger partial charge >= 0.3 is 0 Å².